The van der Waals surface area contributed by atoms with Crippen molar-refractivity contribution in [2.75, 3.05) is 5.32 Å². The number of nitrogens with one attached hydrogen (secondary N) is 1. The highest BCUT2D eigenvalue weighted by atomic mass is 16.1. The van der Waals surface area contributed by atoms with Gasteiger partial charge in [-0.15, -0.1) is 10.2 Å². The van der Waals surface area contributed by atoms with Crippen LogP contribution < -0.4 is 5.32 Å². The van der Waals surface area contributed by atoms with Crippen LogP contribution in [-0.2, 0) is 25.8 Å². The largest absolute Gasteiger partial charge is 0.297 e. The van der Waals surface area contributed by atoms with E-state index in [1.807, 2.05) is 16.7 Å². The zero-order valence-corrected chi connectivity index (χ0v) is 12.6. The summed E-state index contributed by atoms with van der Waals surface area (Å²) in [6.45, 7) is 0.894. The highest BCUT2D eigenvalue weighted by Gasteiger charge is 2.21. The molecule has 2 aromatic rings. The molecule has 0 saturated heterocycles. The molecule has 1 amide bonds. The SMILES string of the molecule is O=C(Nc1nnc2n1CCCC2)c1cccc2c1CCCC2. The number of aryl methyl sites for hydroxylation is 2. The lowest BCUT2D eigenvalue weighted by Gasteiger charge is -2.19. The van der Waals surface area contributed by atoms with Crippen LogP contribution in [0.1, 0.15) is 53.0 Å². The minimum Gasteiger partial charge on any atom is -0.297 e. The van der Waals surface area contributed by atoms with Crippen LogP contribution in [0.5, 0.6) is 0 Å². The first-order valence-electron chi connectivity index (χ1n) is 8.17. The molecule has 0 unspecified atom stereocenters. The number of fused-ring (bicyclic) bond motifs is 2. The molecule has 22 heavy (non-hydrogen) atoms. The topological polar surface area (TPSA) is 59.8 Å². The van der Waals surface area contributed by atoms with E-state index in [-0.39, 0.29) is 5.91 Å². The van der Waals surface area contributed by atoms with Crippen molar-refractivity contribution in [2.45, 2.75) is 51.5 Å². The maximum absolute atomic E-state index is 12.7. The maximum Gasteiger partial charge on any atom is 0.258 e. The Morgan fingerprint density at radius 1 is 1.05 bits per heavy atom. The second-order valence-corrected chi connectivity index (χ2v) is 6.15. The second kappa shape index (κ2) is 5.55. The Balaban J connectivity index is 1.62. The number of amides is 1. The van der Waals surface area contributed by atoms with Crippen molar-refractivity contribution in [1.82, 2.24) is 14.8 Å². The summed E-state index contributed by atoms with van der Waals surface area (Å²) in [6, 6.07) is 6.05. The van der Waals surface area contributed by atoms with Gasteiger partial charge in [0.25, 0.3) is 5.91 Å². The smallest absolute Gasteiger partial charge is 0.258 e. The van der Waals surface area contributed by atoms with Crippen LogP contribution in [0, 0.1) is 0 Å². The summed E-state index contributed by atoms with van der Waals surface area (Å²) in [6.07, 6.45) is 7.68. The number of rotatable bonds is 2. The summed E-state index contributed by atoms with van der Waals surface area (Å²) < 4.78 is 2.04. The van der Waals surface area contributed by atoms with E-state index in [1.54, 1.807) is 0 Å². The predicted molar refractivity (Wildman–Crippen MR) is 84.0 cm³/mol. The van der Waals surface area contributed by atoms with E-state index >= 15 is 0 Å². The molecule has 1 aliphatic carbocycles. The van der Waals surface area contributed by atoms with Gasteiger partial charge in [0.1, 0.15) is 5.82 Å². The third-order valence-corrected chi connectivity index (χ3v) is 4.73. The molecule has 0 fully saturated rings. The minimum atomic E-state index is -0.0560. The molecule has 0 radical (unpaired) electrons. The summed E-state index contributed by atoms with van der Waals surface area (Å²) >= 11 is 0. The van der Waals surface area contributed by atoms with Gasteiger partial charge in [-0.3, -0.25) is 14.7 Å². The van der Waals surface area contributed by atoms with Gasteiger partial charge in [-0.1, -0.05) is 12.1 Å². The number of anilines is 1. The number of aromatic nitrogens is 3. The van der Waals surface area contributed by atoms with Crippen LogP contribution in [-0.4, -0.2) is 20.7 Å². The Morgan fingerprint density at radius 3 is 2.86 bits per heavy atom. The number of carbonyl (C=O) groups is 1. The number of hydrogen-bond acceptors (Lipinski definition) is 3. The number of hydrogen-bond donors (Lipinski definition) is 1. The van der Waals surface area contributed by atoms with E-state index in [0.717, 1.165) is 56.5 Å². The van der Waals surface area contributed by atoms with Crippen LogP contribution in [0.15, 0.2) is 18.2 Å². The molecule has 0 saturated carbocycles. The molecule has 1 aromatic heterocycles. The van der Waals surface area contributed by atoms with Gasteiger partial charge in [-0.05, 0) is 55.7 Å². The standard InChI is InChI=1S/C17H20N4O/c22-16(14-9-5-7-12-6-1-2-8-13(12)14)18-17-20-19-15-10-3-4-11-21(15)17/h5,7,9H,1-4,6,8,10-11H2,(H,18,20,22). The summed E-state index contributed by atoms with van der Waals surface area (Å²) in [5, 5.41) is 11.3. The molecular formula is C17H20N4O. The average Bonchev–Trinajstić information content (AvgIpc) is 2.97. The molecule has 0 spiro atoms. The van der Waals surface area contributed by atoms with E-state index in [4.69, 9.17) is 0 Å². The fourth-order valence-corrected chi connectivity index (χ4v) is 3.56. The normalized spacial score (nSPS) is 16.7. The first-order chi connectivity index (χ1) is 10.8. The van der Waals surface area contributed by atoms with Gasteiger partial charge in [0.15, 0.2) is 0 Å². The van der Waals surface area contributed by atoms with Crippen molar-refractivity contribution in [3.63, 3.8) is 0 Å². The molecule has 1 N–H and O–H groups in total. The van der Waals surface area contributed by atoms with Crippen LogP contribution in [0.3, 0.4) is 0 Å². The van der Waals surface area contributed by atoms with Gasteiger partial charge in [0, 0.05) is 18.5 Å². The molecule has 2 aliphatic rings. The number of carbonyl (C=O) groups excluding carboxylic acids is 1. The lowest BCUT2D eigenvalue weighted by atomic mass is 9.88. The number of nitrogens with zero attached hydrogens (tertiary/aromatic N) is 3. The van der Waals surface area contributed by atoms with Crippen molar-refractivity contribution in [3.8, 4) is 0 Å². The van der Waals surface area contributed by atoms with Gasteiger partial charge in [0.05, 0.1) is 0 Å². The highest BCUT2D eigenvalue weighted by molar-refractivity contribution is 6.04. The molecule has 5 nitrogen and oxygen atoms in total. The van der Waals surface area contributed by atoms with E-state index in [0.29, 0.717) is 5.95 Å². The van der Waals surface area contributed by atoms with Crippen molar-refractivity contribution in [2.24, 2.45) is 0 Å². The Kier molecular flexibility index (Phi) is 3.41. The fourth-order valence-electron chi connectivity index (χ4n) is 3.56. The quantitative estimate of drug-likeness (QED) is 0.927. The first-order valence-corrected chi connectivity index (χ1v) is 8.17. The zero-order valence-electron chi connectivity index (χ0n) is 12.6. The molecule has 5 heteroatoms. The molecule has 0 atom stereocenters. The summed E-state index contributed by atoms with van der Waals surface area (Å²) in [5.74, 6) is 1.52. The van der Waals surface area contributed by atoms with Crippen LogP contribution in [0.25, 0.3) is 0 Å². The molecule has 114 valence electrons. The summed E-state index contributed by atoms with van der Waals surface area (Å²) in [5.41, 5.74) is 3.33. The first kappa shape index (κ1) is 13.5. The highest BCUT2D eigenvalue weighted by Crippen LogP contribution is 2.25. The van der Waals surface area contributed by atoms with Gasteiger partial charge >= 0.3 is 0 Å². The monoisotopic (exact) mass is 296 g/mol. The van der Waals surface area contributed by atoms with Gasteiger partial charge in [-0.25, -0.2) is 0 Å². The lowest BCUT2D eigenvalue weighted by Crippen LogP contribution is -2.21. The Bertz CT molecular complexity index is 719. The molecule has 2 heterocycles. The molecule has 4 rings (SSSR count). The maximum atomic E-state index is 12.7. The van der Waals surface area contributed by atoms with Crippen molar-refractivity contribution >= 4 is 11.9 Å². The van der Waals surface area contributed by atoms with Gasteiger partial charge in [-0.2, -0.15) is 0 Å². The zero-order chi connectivity index (χ0) is 14.9. The van der Waals surface area contributed by atoms with E-state index in [2.05, 4.69) is 21.6 Å². The van der Waals surface area contributed by atoms with Crippen LogP contribution in [0.4, 0.5) is 5.95 Å². The van der Waals surface area contributed by atoms with Crippen molar-refractivity contribution in [3.05, 3.63) is 40.7 Å². The molecule has 1 aliphatic heterocycles. The van der Waals surface area contributed by atoms with Crippen molar-refractivity contribution < 1.29 is 4.79 Å². The van der Waals surface area contributed by atoms with E-state index < -0.39 is 0 Å². The van der Waals surface area contributed by atoms with E-state index in [9.17, 15) is 4.79 Å². The van der Waals surface area contributed by atoms with E-state index in [1.165, 1.54) is 17.5 Å². The summed E-state index contributed by atoms with van der Waals surface area (Å²) in [7, 11) is 0. The number of benzene rings is 1. The van der Waals surface area contributed by atoms with Crippen molar-refractivity contribution in [1.29, 1.82) is 0 Å². The molecule has 1 aromatic carbocycles. The molecular weight excluding hydrogens is 276 g/mol. The Morgan fingerprint density at radius 2 is 1.91 bits per heavy atom. The third kappa shape index (κ3) is 2.30. The van der Waals surface area contributed by atoms with Crippen LogP contribution >= 0.6 is 0 Å². The Hall–Kier alpha value is -2.17. The Labute approximate surface area is 129 Å². The second-order valence-electron chi connectivity index (χ2n) is 6.15. The average molecular weight is 296 g/mol. The van der Waals surface area contributed by atoms with Gasteiger partial charge < -0.3 is 0 Å². The minimum absolute atomic E-state index is 0.0560. The van der Waals surface area contributed by atoms with Gasteiger partial charge in [0.2, 0.25) is 5.95 Å². The summed E-state index contributed by atoms with van der Waals surface area (Å²) in [4.78, 5) is 12.7. The lowest BCUT2D eigenvalue weighted by molar-refractivity contribution is 0.102. The predicted octanol–water partition coefficient (Wildman–Crippen LogP) is 2.75. The third-order valence-electron chi connectivity index (χ3n) is 4.73. The molecule has 0 bridgehead atoms. The fraction of sp³-hybridized carbons (Fsp3) is 0.471. The van der Waals surface area contributed by atoms with Crippen LogP contribution in [0.2, 0.25) is 0 Å².